The SMILES string of the molecule is C[C@@H]1CN(S(=O)(=O)c2ccc(NC(=O)CNc3cccc(Cl)c3Cl)cc2)C[C@H](C)O1. The molecule has 1 aliphatic rings. The van der Waals surface area contributed by atoms with Crippen molar-refractivity contribution in [2.75, 3.05) is 30.3 Å². The zero-order valence-electron chi connectivity index (χ0n) is 16.6. The summed E-state index contributed by atoms with van der Waals surface area (Å²) in [6, 6.07) is 11.2. The van der Waals surface area contributed by atoms with E-state index in [9.17, 15) is 13.2 Å². The first-order valence-corrected chi connectivity index (χ1v) is 11.6. The number of nitrogens with one attached hydrogen (secondary N) is 2. The van der Waals surface area contributed by atoms with E-state index in [1.165, 1.54) is 16.4 Å². The Labute approximate surface area is 186 Å². The van der Waals surface area contributed by atoms with Gasteiger partial charge in [0, 0.05) is 18.8 Å². The number of amides is 1. The van der Waals surface area contributed by atoms with Gasteiger partial charge in [-0.3, -0.25) is 4.79 Å². The van der Waals surface area contributed by atoms with Gasteiger partial charge in [0.1, 0.15) is 0 Å². The quantitative estimate of drug-likeness (QED) is 0.667. The molecule has 1 fully saturated rings. The molecule has 2 atom stereocenters. The summed E-state index contributed by atoms with van der Waals surface area (Å²) in [7, 11) is -3.63. The van der Waals surface area contributed by atoms with Gasteiger partial charge in [-0.25, -0.2) is 8.42 Å². The maximum absolute atomic E-state index is 12.9. The Morgan fingerprint density at radius 2 is 1.73 bits per heavy atom. The van der Waals surface area contributed by atoms with E-state index in [1.54, 1.807) is 30.3 Å². The van der Waals surface area contributed by atoms with Crippen LogP contribution in [0.4, 0.5) is 11.4 Å². The molecule has 162 valence electrons. The van der Waals surface area contributed by atoms with Gasteiger partial charge in [0.05, 0.1) is 39.4 Å². The Balaban J connectivity index is 1.61. The fraction of sp³-hybridized carbons (Fsp3) is 0.350. The Kier molecular flexibility index (Phi) is 7.26. The first-order chi connectivity index (χ1) is 14.2. The van der Waals surface area contributed by atoms with Crippen LogP contribution < -0.4 is 10.6 Å². The molecule has 0 saturated carbocycles. The molecular weight excluding hydrogens is 449 g/mol. The Morgan fingerprint density at radius 3 is 2.37 bits per heavy atom. The van der Waals surface area contributed by atoms with E-state index in [0.717, 1.165) is 0 Å². The van der Waals surface area contributed by atoms with E-state index in [2.05, 4.69) is 10.6 Å². The molecule has 0 bridgehead atoms. The molecule has 1 amide bonds. The molecule has 2 aromatic carbocycles. The average Bonchev–Trinajstić information content (AvgIpc) is 2.69. The second kappa shape index (κ2) is 9.53. The number of hydrogen-bond donors (Lipinski definition) is 2. The summed E-state index contributed by atoms with van der Waals surface area (Å²) in [5.74, 6) is -0.308. The normalized spacial score (nSPS) is 20.0. The molecule has 0 spiro atoms. The van der Waals surface area contributed by atoms with Gasteiger partial charge in [-0.1, -0.05) is 29.3 Å². The molecule has 0 aliphatic carbocycles. The minimum atomic E-state index is -3.63. The highest BCUT2D eigenvalue weighted by molar-refractivity contribution is 7.89. The first kappa shape index (κ1) is 22.8. The topological polar surface area (TPSA) is 87.7 Å². The van der Waals surface area contributed by atoms with E-state index in [1.807, 2.05) is 13.8 Å². The van der Waals surface area contributed by atoms with Crippen molar-refractivity contribution in [2.45, 2.75) is 31.0 Å². The van der Waals surface area contributed by atoms with E-state index in [-0.39, 0.29) is 29.6 Å². The zero-order valence-corrected chi connectivity index (χ0v) is 18.9. The molecule has 2 N–H and O–H groups in total. The van der Waals surface area contributed by atoms with Crippen molar-refractivity contribution >= 4 is 50.5 Å². The van der Waals surface area contributed by atoms with Crippen LogP contribution in [0, 0.1) is 0 Å². The molecule has 1 heterocycles. The minimum absolute atomic E-state index is 0.0241. The zero-order chi connectivity index (χ0) is 21.9. The van der Waals surface area contributed by atoms with E-state index < -0.39 is 10.0 Å². The van der Waals surface area contributed by atoms with Gasteiger partial charge in [-0.05, 0) is 50.2 Å². The number of sulfonamides is 1. The summed E-state index contributed by atoms with van der Waals surface area (Å²) >= 11 is 12.0. The van der Waals surface area contributed by atoms with Crippen molar-refractivity contribution in [1.82, 2.24) is 4.31 Å². The summed E-state index contributed by atoms with van der Waals surface area (Å²) in [4.78, 5) is 12.4. The van der Waals surface area contributed by atoms with E-state index in [4.69, 9.17) is 27.9 Å². The molecule has 30 heavy (non-hydrogen) atoms. The van der Waals surface area contributed by atoms with Crippen LogP contribution in [-0.4, -0.2) is 50.5 Å². The van der Waals surface area contributed by atoms with Crippen LogP contribution >= 0.6 is 23.2 Å². The largest absolute Gasteiger partial charge is 0.375 e. The fourth-order valence-corrected chi connectivity index (χ4v) is 5.17. The summed E-state index contributed by atoms with van der Waals surface area (Å²) < 4.78 is 32.8. The maximum atomic E-state index is 12.9. The van der Waals surface area contributed by atoms with Crippen LogP contribution in [0.2, 0.25) is 10.0 Å². The molecule has 7 nitrogen and oxygen atoms in total. The van der Waals surface area contributed by atoms with Crippen LogP contribution in [0.1, 0.15) is 13.8 Å². The monoisotopic (exact) mass is 471 g/mol. The number of ether oxygens (including phenoxy) is 1. The highest BCUT2D eigenvalue weighted by Gasteiger charge is 2.32. The van der Waals surface area contributed by atoms with Gasteiger partial charge in [0.15, 0.2) is 0 Å². The summed E-state index contributed by atoms with van der Waals surface area (Å²) in [5, 5.41) is 6.36. The predicted octanol–water partition coefficient (Wildman–Crippen LogP) is 3.84. The number of rotatable bonds is 6. The van der Waals surface area contributed by atoms with Gasteiger partial charge in [0.25, 0.3) is 0 Å². The molecular formula is C20H23Cl2N3O4S. The molecule has 3 rings (SSSR count). The van der Waals surface area contributed by atoms with Gasteiger partial charge >= 0.3 is 0 Å². The number of benzene rings is 2. The Hall–Kier alpha value is -1.84. The third-order valence-electron chi connectivity index (χ3n) is 4.55. The fourth-order valence-electron chi connectivity index (χ4n) is 3.21. The summed E-state index contributed by atoms with van der Waals surface area (Å²) in [5.41, 5.74) is 1.04. The second-order valence-electron chi connectivity index (χ2n) is 7.11. The lowest BCUT2D eigenvalue weighted by Gasteiger charge is -2.34. The lowest BCUT2D eigenvalue weighted by atomic mass is 10.3. The molecule has 0 unspecified atom stereocenters. The number of carbonyl (C=O) groups is 1. The van der Waals surface area contributed by atoms with Gasteiger partial charge in [0.2, 0.25) is 15.9 Å². The minimum Gasteiger partial charge on any atom is -0.375 e. The van der Waals surface area contributed by atoms with Crippen LogP contribution in [-0.2, 0) is 19.6 Å². The predicted molar refractivity (Wildman–Crippen MR) is 119 cm³/mol. The number of morpholine rings is 1. The third-order valence-corrected chi connectivity index (χ3v) is 7.22. The van der Waals surface area contributed by atoms with E-state index >= 15 is 0 Å². The smallest absolute Gasteiger partial charge is 0.243 e. The van der Waals surface area contributed by atoms with Gasteiger partial charge in [-0.2, -0.15) is 4.31 Å². The number of carbonyl (C=O) groups excluding carboxylic acids is 1. The average molecular weight is 472 g/mol. The molecule has 2 aromatic rings. The van der Waals surface area contributed by atoms with Gasteiger partial charge in [-0.15, -0.1) is 0 Å². The number of nitrogens with zero attached hydrogens (tertiary/aromatic N) is 1. The van der Waals surface area contributed by atoms with Crippen molar-refractivity contribution in [3.8, 4) is 0 Å². The van der Waals surface area contributed by atoms with Crippen molar-refractivity contribution in [2.24, 2.45) is 0 Å². The third kappa shape index (κ3) is 5.44. The van der Waals surface area contributed by atoms with Crippen molar-refractivity contribution < 1.29 is 17.9 Å². The van der Waals surface area contributed by atoms with Crippen LogP contribution in [0.15, 0.2) is 47.4 Å². The van der Waals surface area contributed by atoms with Crippen molar-refractivity contribution in [1.29, 1.82) is 0 Å². The lowest BCUT2D eigenvalue weighted by Crippen LogP contribution is -2.48. The molecule has 0 radical (unpaired) electrons. The molecule has 1 aliphatic heterocycles. The molecule has 1 saturated heterocycles. The van der Waals surface area contributed by atoms with Crippen LogP contribution in [0.5, 0.6) is 0 Å². The molecule has 10 heteroatoms. The second-order valence-corrected chi connectivity index (χ2v) is 9.83. The number of anilines is 2. The standard InChI is InChI=1S/C20H23Cl2N3O4S/c1-13-11-25(12-14(2)29-13)30(27,28)16-8-6-15(7-9-16)24-19(26)10-23-18-5-3-4-17(21)20(18)22/h3-9,13-14,23H,10-12H2,1-2H3,(H,24,26)/t13-,14+. The van der Waals surface area contributed by atoms with Crippen molar-refractivity contribution in [3.63, 3.8) is 0 Å². The van der Waals surface area contributed by atoms with Gasteiger partial charge < -0.3 is 15.4 Å². The van der Waals surface area contributed by atoms with Crippen LogP contribution in [0.3, 0.4) is 0 Å². The number of hydrogen-bond acceptors (Lipinski definition) is 5. The van der Waals surface area contributed by atoms with Crippen molar-refractivity contribution in [3.05, 3.63) is 52.5 Å². The first-order valence-electron chi connectivity index (χ1n) is 9.40. The lowest BCUT2D eigenvalue weighted by molar-refractivity contribution is -0.114. The van der Waals surface area contributed by atoms with E-state index in [0.29, 0.717) is 34.5 Å². The highest BCUT2D eigenvalue weighted by Crippen LogP contribution is 2.29. The van der Waals surface area contributed by atoms with Crippen LogP contribution in [0.25, 0.3) is 0 Å². The Bertz CT molecular complexity index is 1010. The maximum Gasteiger partial charge on any atom is 0.243 e. The number of halogens is 2. The highest BCUT2D eigenvalue weighted by atomic mass is 35.5. The molecule has 0 aromatic heterocycles. The summed E-state index contributed by atoms with van der Waals surface area (Å²) in [6.45, 7) is 4.29. The summed E-state index contributed by atoms with van der Waals surface area (Å²) in [6.07, 6.45) is -0.329. The Morgan fingerprint density at radius 1 is 1.10 bits per heavy atom.